The Morgan fingerprint density at radius 2 is 1.86 bits per heavy atom. The molecule has 28 heavy (non-hydrogen) atoms. The first kappa shape index (κ1) is 21.7. The third kappa shape index (κ3) is 4.28. The summed E-state index contributed by atoms with van der Waals surface area (Å²) in [6.45, 7) is 2.87. The summed E-state index contributed by atoms with van der Waals surface area (Å²) in [6, 6.07) is 6.79. The summed E-state index contributed by atoms with van der Waals surface area (Å²) in [6.07, 6.45) is -4.31. The van der Waals surface area contributed by atoms with Gasteiger partial charge < -0.3 is 15.0 Å². The molecule has 1 aromatic carbocycles. The second-order valence-electron chi connectivity index (χ2n) is 6.59. The van der Waals surface area contributed by atoms with Crippen molar-refractivity contribution in [1.29, 1.82) is 0 Å². The average Bonchev–Trinajstić information content (AvgIpc) is 2.67. The van der Waals surface area contributed by atoms with Gasteiger partial charge in [0.15, 0.2) is 0 Å². The molecule has 0 aliphatic carbocycles. The highest BCUT2D eigenvalue weighted by molar-refractivity contribution is 5.96. The SMILES string of the molecule is CCOC(=O)C(C)NC(=O)C1(c2ccccc2)CCCCN1C(=O)C(F)(F)F. The van der Waals surface area contributed by atoms with E-state index in [1.165, 1.54) is 19.1 Å². The summed E-state index contributed by atoms with van der Waals surface area (Å²) in [4.78, 5) is 37.8. The van der Waals surface area contributed by atoms with Crippen molar-refractivity contribution in [3.8, 4) is 0 Å². The van der Waals surface area contributed by atoms with E-state index in [-0.39, 0.29) is 25.1 Å². The molecule has 6 nitrogen and oxygen atoms in total. The maximum atomic E-state index is 13.3. The van der Waals surface area contributed by atoms with Gasteiger partial charge in [-0.3, -0.25) is 9.59 Å². The van der Waals surface area contributed by atoms with Gasteiger partial charge >= 0.3 is 18.1 Å². The fourth-order valence-corrected chi connectivity index (χ4v) is 3.43. The molecule has 9 heteroatoms. The molecule has 2 unspecified atom stereocenters. The minimum atomic E-state index is -5.12. The summed E-state index contributed by atoms with van der Waals surface area (Å²) >= 11 is 0. The van der Waals surface area contributed by atoms with Crippen LogP contribution in [0.3, 0.4) is 0 Å². The molecule has 0 spiro atoms. The molecule has 2 amide bonds. The molecule has 2 atom stereocenters. The highest BCUT2D eigenvalue weighted by Gasteiger charge is 2.55. The third-order valence-electron chi connectivity index (χ3n) is 4.73. The number of nitrogens with one attached hydrogen (secondary N) is 1. The molecule has 1 N–H and O–H groups in total. The van der Waals surface area contributed by atoms with Gasteiger partial charge in [-0.2, -0.15) is 13.2 Å². The van der Waals surface area contributed by atoms with E-state index >= 15 is 0 Å². The molecule has 0 radical (unpaired) electrons. The third-order valence-corrected chi connectivity index (χ3v) is 4.73. The van der Waals surface area contributed by atoms with Crippen LogP contribution >= 0.6 is 0 Å². The van der Waals surface area contributed by atoms with Gasteiger partial charge in [0.05, 0.1) is 6.61 Å². The van der Waals surface area contributed by atoms with Crippen LogP contribution in [0.4, 0.5) is 13.2 Å². The van der Waals surface area contributed by atoms with Crippen LogP contribution < -0.4 is 5.32 Å². The van der Waals surface area contributed by atoms with Gasteiger partial charge in [0.1, 0.15) is 11.6 Å². The first-order chi connectivity index (χ1) is 13.1. The van der Waals surface area contributed by atoms with E-state index in [0.717, 1.165) is 0 Å². The first-order valence-corrected chi connectivity index (χ1v) is 9.06. The summed E-state index contributed by atoms with van der Waals surface area (Å²) in [7, 11) is 0. The molecule has 1 saturated heterocycles. The van der Waals surface area contributed by atoms with Crippen molar-refractivity contribution in [3.63, 3.8) is 0 Å². The number of piperidine rings is 1. The Hall–Kier alpha value is -2.58. The number of benzene rings is 1. The zero-order valence-electron chi connectivity index (χ0n) is 15.7. The smallest absolute Gasteiger partial charge is 0.464 e. The lowest BCUT2D eigenvalue weighted by molar-refractivity contribution is -0.195. The van der Waals surface area contributed by atoms with Crippen LogP contribution in [0.5, 0.6) is 0 Å². The van der Waals surface area contributed by atoms with Crippen molar-refractivity contribution in [2.45, 2.75) is 50.9 Å². The molecule has 1 heterocycles. The molecule has 1 fully saturated rings. The number of ether oxygens (including phenoxy) is 1. The molecular weight excluding hydrogens is 377 g/mol. The molecule has 2 rings (SSSR count). The molecule has 0 aromatic heterocycles. The molecular formula is C19H23F3N2O4. The van der Waals surface area contributed by atoms with Crippen LogP contribution in [-0.2, 0) is 24.7 Å². The van der Waals surface area contributed by atoms with Crippen molar-refractivity contribution >= 4 is 17.8 Å². The van der Waals surface area contributed by atoms with Crippen molar-refractivity contribution in [2.24, 2.45) is 0 Å². The zero-order chi connectivity index (χ0) is 20.9. The van der Waals surface area contributed by atoms with Crippen LogP contribution in [-0.4, -0.2) is 48.1 Å². The fraction of sp³-hybridized carbons (Fsp3) is 0.526. The highest BCUT2D eigenvalue weighted by atomic mass is 19.4. The maximum Gasteiger partial charge on any atom is 0.471 e. The lowest BCUT2D eigenvalue weighted by atomic mass is 9.79. The second-order valence-corrected chi connectivity index (χ2v) is 6.59. The predicted molar refractivity (Wildman–Crippen MR) is 94.0 cm³/mol. The molecule has 0 saturated carbocycles. The van der Waals surface area contributed by atoms with Gasteiger partial charge in [-0.25, -0.2) is 4.79 Å². The molecule has 1 aliphatic rings. The first-order valence-electron chi connectivity index (χ1n) is 9.06. The summed E-state index contributed by atoms with van der Waals surface area (Å²) < 4.78 is 44.6. The Labute approximate surface area is 161 Å². The van der Waals surface area contributed by atoms with E-state index in [2.05, 4.69) is 5.32 Å². The Morgan fingerprint density at radius 3 is 2.43 bits per heavy atom. The van der Waals surface area contributed by atoms with Gasteiger partial charge in [0.2, 0.25) is 0 Å². The van der Waals surface area contributed by atoms with Crippen molar-refractivity contribution in [1.82, 2.24) is 10.2 Å². The van der Waals surface area contributed by atoms with Crippen LogP contribution in [0, 0.1) is 0 Å². The average molecular weight is 400 g/mol. The number of likely N-dealkylation sites (tertiary alicyclic amines) is 1. The van der Waals surface area contributed by atoms with E-state index in [1.807, 2.05) is 0 Å². The largest absolute Gasteiger partial charge is 0.471 e. The van der Waals surface area contributed by atoms with Gasteiger partial charge in [0, 0.05) is 6.54 Å². The van der Waals surface area contributed by atoms with Crippen LogP contribution in [0.2, 0.25) is 0 Å². The number of carbonyl (C=O) groups excluding carboxylic acids is 3. The number of hydrogen-bond donors (Lipinski definition) is 1. The molecule has 1 aromatic rings. The number of halogens is 3. The monoisotopic (exact) mass is 400 g/mol. The second kappa shape index (κ2) is 8.62. The molecule has 154 valence electrons. The summed E-state index contributed by atoms with van der Waals surface area (Å²) in [5.74, 6) is -3.62. The minimum absolute atomic E-state index is 0.0141. The lowest BCUT2D eigenvalue weighted by Crippen LogP contribution is -2.64. The summed E-state index contributed by atoms with van der Waals surface area (Å²) in [5, 5.41) is 2.44. The van der Waals surface area contributed by atoms with Crippen LogP contribution in [0.1, 0.15) is 38.7 Å². The number of alkyl halides is 3. The molecule has 1 aliphatic heterocycles. The number of rotatable bonds is 5. The number of carbonyl (C=O) groups is 3. The van der Waals surface area contributed by atoms with E-state index in [1.54, 1.807) is 25.1 Å². The predicted octanol–water partition coefficient (Wildman–Crippen LogP) is 2.52. The van der Waals surface area contributed by atoms with Crippen LogP contribution in [0.15, 0.2) is 30.3 Å². The Balaban J connectivity index is 2.49. The maximum absolute atomic E-state index is 13.3. The standard InChI is InChI=1S/C19H23F3N2O4/c1-3-28-15(25)13(2)23-16(26)18(14-9-5-4-6-10-14)11-7-8-12-24(18)17(27)19(20,21)22/h4-6,9-10,13H,3,7-8,11-12H2,1-2H3,(H,23,26). The van der Waals surface area contributed by atoms with Gasteiger partial charge in [0.25, 0.3) is 5.91 Å². The van der Waals surface area contributed by atoms with E-state index < -0.39 is 35.5 Å². The van der Waals surface area contributed by atoms with E-state index in [0.29, 0.717) is 17.7 Å². The number of esters is 1. The zero-order valence-corrected chi connectivity index (χ0v) is 15.7. The Kier molecular flexibility index (Phi) is 6.69. The van der Waals surface area contributed by atoms with Crippen molar-refractivity contribution < 1.29 is 32.3 Å². The van der Waals surface area contributed by atoms with Crippen LogP contribution in [0.25, 0.3) is 0 Å². The molecule has 0 bridgehead atoms. The quantitative estimate of drug-likeness (QED) is 0.771. The van der Waals surface area contributed by atoms with Gasteiger partial charge in [-0.15, -0.1) is 0 Å². The minimum Gasteiger partial charge on any atom is -0.464 e. The number of hydrogen-bond acceptors (Lipinski definition) is 4. The normalized spacial score (nSPS) is 21.0. The summed E-state index contributed by atoms with van der Waals surface area (Å²) in [5.41, 5.74) is -1.59. The van der Waals surface area contributed by atoms with E-state index in [4.69, 9.17) is 4.74 Å². The van der Waals surface area contributed by atoms with Crippen molar-refractivity contribution in [3.05, 3.63) is 35.9 Å². The topological polar surface area (TPSA) is 75.7 Å². The van der Waals surface area contributed by atoms with E-state index in [9.17, 15) is 27.6 Å². The van der Waals surface area contributed by atoms with Gasteiger partial charge in [-0.05, 0) is 38.7 Å². The number of amides is 2. The van der Waals surface area contributed by atoms with Crippen molar-refractivity contribution in [2.75, 3.05) is 13.2 Å². The highest BCUT2D eigenvalue weighted by Crippen LogP contribution is 2.40. The lowest BCUT2D eigenvalue weighted by Gasteiger charge is -2.46. The fourth-order valence-electron chi connectivity index (χ4n) is 3.43. The Bertz CT molecular complexity index is 724. The van der Waals surface area contributed by atoms with Gasteiger partial charge in [-0.1, -0.05) is 30.3 Å². The number of nitrogens with zero attached hydrogens (tertiary/aromatic N) is 1. The Morgan fingerprint density at radius 1 is 1.21 bits per heavy atom.